The average molecular weight is 204 g/mol. The highest BCUT2D eigenvalue weighted by molar-refractivity contribution is 7.51. The van der Waals surface area contributed by atoms with Gasteiger partial charge in [-0.25, -0.2) is 4.39 Å². The highest BCUT2D eigenvalue weighted by Gasteiger charge is 2.19. The zero-order valence-electron chi connectivity index (χ0n) is 7.05. The molecule has 0 heterocycles. The van der Waals surface area contributed by atoms with Crippen molar-refractivity contribution < 1.29 is 18.4 Å². The van der Waals surface area contributed by atoms with Crippen molar-refractivity contribution in [2.24, 2.45) is 0 Å². The van der Waals surface area contributed by atoms with Crippen LogP contribution in [0.5, 0.6) is 0 Å². The van der Waals surface area contributed by atoms with E-state index in [1.807, 2.05) is 0 Å². The molecular formula is C8H10FO3P. The van der Waals surface area contributed by atoms with Crippen molar-refractivity contribution in [3.8, 4) is 0 Å². The second-order valence-corrected chi connectivity index (χ2v) is 4.45. The van der Waals surface area contributed by atoms with Crippen LogP contribution in [-0.2, 0) is 9.09 Å². The monoisotopic (exact) mass is 204 g/mol. The molecule has 1 N–H and O–H groups in total. The molecule has 2 unspecified atom stereocenters. The maximum Gasteiger partial charge on any atom is 0.327 e. The Morgan fingerprint density at radius 2 is 2.00 bits per heavy atom. The Balaban J connectivity index is 2.70. The van der Waals surface area contributed by atoms with E-state index in [0.29, 0.717) is 0 Å². The molecule has 1 rings (SSSR count). The van der Waals surface area contributed by atoms with Gasteiger partial charge in [-0.1, -0.05) is 30.3 Å². The van der Waals surface area contributed by atoms with Gasteiger partial charge in [0.2, 0.25) is 6.36 Å². The summed E-state index contributed by atoms with van der Waals surface area (Å²) in [6, 6.07) is 7.95. The molecule has 3 nitrogen and oxygen atoms in total. The highest BCUT2D eigenvalue weighted by Crippen LogP contribution is 2.43. The first-order valence-corrected chi connectivity index (χ1v) is 5.69. The first kappa shape index (κ1) is 10.4. The number of hydrogen-bond acceptors (Lipinski definition) is 2. The molecule has 2 atom stereocenters. The highest BCUT2D eigenvalue weighted by atomic mass is 31.2. The molecule has 0 amide bonds. The molecule has 0 radical (unpaired) electrons. The molecule has 0 bridgehead atoms. The molecule has 1 aromatic rings. The fraction of sp³-hybridized carbons (Fsp3) is 0.250. The third kappa shape index (κ3) is 3.68. The lowest BCUT2D eigenvalue weighted by Gasteiger charge is -2.11. The normalized spacial score (nSPS) is 17.8. The van der Waals surface area contributed by atoms with E-state index in [9.17, 15) is 8.96 Å². The summed E-state index contributed by atoms with van der Waals surface area (Å²) in [5, 5.41) is 0. The van der Waals surface area contributed by atoms with Crippen LogP contribution >= 0.6 is 7.60 Å². The van der Waals surface area contributed by atoms with Gasteiger partial charge in [-0.05, 0) is 0 Å². The number of rotatable bonds is 3. The van der Waals surface area contributed by atoms with Crippen molar-refractivity contribution >= 4 is 7.60 Å². The van der Waals surface area contributed by atoms with Crippen molar-refractivity contribution in [2.45, 2.75) is 6.36 Å². The zero-order valence-corrected chi connectivity index (χ0v) is 7.95. The summed E-state index contributed by atoms with van der Waals surface area (Å²) >= 11 is 0. The Hall–Kier alpha value is -0.700. The fourth-order valence-corrected chi connectivity index (χ4v) is 1.30. The van der Waals surface area contributed by atoms with Crippen LogP contribution in [0.3, 0.4) is 0 Å². The number of hydrogen-bond donors (Lipinski definition) is 1. The Labute approximate surface area is 75.7 Å². The van der Waals surface area contributed by atoms with Crippen molar-refractivity contribution in [1.29, 1.82) is 0 Å². The zero-order chi connectivity index (χ0) is 9.90. The van der Waals surface area contributed by atoms with Crippen molar-refractivity contribution in [1.82, 2.24) is 0 Å². The van der Waals surface area contributed by atoms with E-state index in [2.05, 4.69) is 4.52 Å². The van der Waals surface area contributed by atoms with Crippen molar-refractivity contribution in [2.75, 3.05) is 6.66 Å². The van der Waals surface area contributed by atoms with Crippen LogP contribution in [-0.4, -0.2) is 11.6 Å². The number of halogens is 1. The summed E-state index contributed by atoms with van der Waals surface area (Å²) in [7, 11) is -3.76. The van der Waals surface area contributed by atoms with E-state index in [4.69, 9.17) is 4.89 Å². The van der Waals surface area contributed by atoms with Gasteiger partial charge in [0, 0.05) is 12.2 Å². The van der Waals surface area contributed by atoms with E-state index < -0.39 is 14.0 Å². The standard InChI is InChI=1S/C8H10FO3P/c1-13(10,11)12-8(9)7-5-3-2-4-6-7/h2-6,8H,1H3,(H,10,11). The summed E-state index contributed by atoms with van der Waals surface area (Å²) < 4.78 is 28.0. The molecule has 0 aliphatic rings. The Bertz CT molecular complexity index is 308. The summed E-state index contributed by atoms with van der Waals surface area (Å²) in [4.78, 5) is 8.74. The predicted molar refractivity (Wildman–Crippen MR) is 47.1 cm³/mol. The second-order valence-electron chi connectivity index (χ2n) is 2.64. The Morgan fingerprint density at radius 1 is 1.46 bits per heavy atom. The van der Waals surface area contributed by atoms with Gasteiger partial charge in [-0.2, -0.15) is 0 Å². The van der Waals surface area contributed by atoms with Gasteiger partial charge in [0.15, 0.2) is 0 Å². The van der Waals surface area contributed by atoms with Gasteiger partial charge >= 0.3 is 7.60 Å². The topological polar surface area (TPSA) is 46.5 Å². The Morgan fingerprint density at radius 3 is 2.46 bits per heavy atom. The van der Waals surface area contributed by atoms with Crippen LogP contribution < -0.4 is 0 Å². The maximum atomic E-state index is 13.1. The summed E-state index contributed by atoms with van der Waals surface area (Å²) in [6.07, 6.45) is -1.85. The van der Waals surface area contributed by atoms with Gasteiger partial charge in [0.1, 0.15) is 0 Å². The minimum absolute atomic E-state index is 0.235. The lowest BCUT2D eigenvalue weighted by Crippen LogP contribution is -1.95. The summed E-state index contributed by atoms with van der Waals surface area (Å²) in [5.74, 6) is 0. The third-order valence-electron chi connectivity index (χ3n) is 1.35. The van der Waals surface area contributed by atoms with E-state index >= 15 is 0 Å². The van der Waals surface area contributed by atoms with Crippen LogP contribution in [0, 0.1) is 0 Å². The maximum absolute atomic E-state index is 13.1. The van der Waals surface area contributed by atoms with Gasteiger partial charge < -0.3 is 4.89 Å². The lowest BCUT2D eigenvalue weighted by atomic mass is 10.2. The van der Waals surface area contributed by atoms with Gasteiger partial charge in [0.05, 0.1) is 0 Å². The van der Waals surface area contributed by atoms with E-state index in [0.717, 1.165) is 6.66 Å². The fourth-order valence-electron chi connectivity index (χ4n) is 0.837. The van der Waals surface area contributed by atoms with E-state index in [-0.39, 0.29) is 5.56 Å². The van der Waals surface area contributed by atoms with Gasteiger partial charge in [-0.15, -0.1) is 0 Å². The number of benzene rings is 1. The second kappa shape index (κ2) is 4.01. The molecule has 5 heteroatoms. The van der Waals surface area contributed by atoms with Crippen LogP contribution in [0.2, 0.25) is 0 Å². The van der Waals surface area contributed by atoms with Crippen molar-refractivity contribution in [3.05, 3.63) is 35.9 Å². The first-order valence-electron chi connectivity index (χ1n) is 3.67. The molecule has 0 aliphatic heterocycles. The molecule has 0 aliphatic carbocycles. The average Bonchev–Trinajstić information content (AvgIpc) is 2.03. The van der Waals surface area contributed by atoms with Crippen LogP contribution in [0.25, 0.3) is 0 Å². The molecule has 0 saturated carbocycles. The predicted octanol–water partition coefficient (Wildman–Crippen LogP) is 2.49. The molecule has 72 valence electrons. The smallest absolute Gasteiger partial charge is 0.324 e. The number of alkyl halides is 1. The van der Waals surface area contributed by atoms with E-state index in [1.165, 1.54) is 12.1 Å². The molecule has 0 fully saturated rings. The summed E-state index contributed by atoms with van der Waals surface area (Å²) in [6.45, 7) is 0.947. The Kier molecular flexibility index (Phi) is 3.20. The summed E-state index contributed by atoms with van der Waals surface area (Å²) in [5.41, 5.74) is 0.235. The van der Waals surface area contributed by atoms with Gasteiger partial charge in [0.25, 0.3) is 0 Å². The van der Waals surface area contributed by atoms with E-state index in [1.54, 1.807) is 18.2 Å². The molecule has 13 heavy (non-hydrogen) atoms. The van der Waals surface area contributed by atoms with Crippen LogP contribution in [0.15, 0.2) is 30.3 Å². The lowest BCUT2D eigenvalue weighted by molar-refractivity contribution is 0.0567. The quantitative estimate of drug-likeness (QED) is 0.769. The largest absolute Gasteiger partial charge is 0.327 e. The van der Waals surface area contributed by atoms with Gasteiger partial charge in [-0.3, -0.25) is 9.09 Å². The SMILES string of the molecule is CP(=O)(O)OC(F)c1ccccc1. The molecule has 0 aromatic heterocycles. The minimum atomic E-state index is -3.76. The molecule has 1 aromatic carbocycles. The molecule has 0 saturated heterocycles. The van der Waals surface area contributed by atoms with Crippen LogP contribution in [0.1, 0.15) is 11.9 Å². The van der Waals surface area contributed by atoms with Crippen LogP contribution in [0.4, 0.5) is 4.39 Å². The van der Waals surface area contributed by atoms with Crippen molar-refractivity contribution in [3.63, 3.8) is 0 Å². The first-order chi connectivity index (χ1) is 5.99. The third-order valence-corrected chi connectivity index (χ3v) is 1.93. The molecular weight excluding hydrogens is 194 g/mol. The molecule has 0 spiro atoms. The minimum Gasteiger partial charge on any atom is -0.324 e.